The van der Waals surface area contributed by atoms with Crippen molar-refractivity contribution >= 4 is 5.69 Å². The monoisotopic (exact) mass is 230 g/mol. The van der Waals surface area contributed by atoms with Crippen molar-refractivity contribution in [3.05, 3.63) is 30.2 Å². The van der Waals surface area contributed by atoms with Gasteiger partial charge in [-0.25, -0.2) is 4.98 Å². The van der Waals surface area contributed by atoms with Crippen LogP contribution < -0.4 is 10.1 Å². The number of pyridine rings is 1. The molecule has 0 unspecified atom stereocenters. The van der Waals surface area contributed by atoms with Gasteiger partial charge in [-0.15, -0.1) is 0 Å². The minimum Gasteiger partial charge on any atom is -0.436 e. The number of hydrogen-bond donors (Lipinski definition) is 1. The first kappa shape index (κ1) is 10.1. The van der Waals surface area contributed by atoms with Gasteiger partial charge in [0.05, 0.1) is 23.8 Å². The quantitative estimate of drug-likeness (QED) is 0.857. The van der Waals surface area contributed by atoms with E-state index in [9.17, 15) is 0 Å². The zero-order valence-electron chi connectivity index (χ0n) is 9.68. The second-order valence-electron chi connectivity index (χ2n) is 4.13. The predicted molar refractivity (Wildman–Crippen MR) is 64.3 cm³/mol. The average Bonchev–Trinajstić information content (AvgIpc) is 2.75. The lowest BCUT2D eigenvalue weighted by Crippen LogP contribution is -2.13. The maximum Gasteiger partial charge on any atom is 0.219 e. The number of nitrogens with one attached hydrogen (secondary N) is 1. The molecule has 0 spiro atoms. The Hall–Kier alpha value is -2.04. The van der Waals surface area contributed by atoms with Gasteiger partial charge in [0.25, 0.3) is 0 Å². The van der Waals surface area contributed by atoms with E-state index >= 15 is 0 Å². The minimum absolute atomic E-state index is 0.625. The van der Waals surface area contributed by atoms with Crippen molar-refractivity contribution in [1.82, 2.24) is 14.8 Å². The Bertz CT molecular complexity index is 535. The predicted octanol–water partition coefficient (Wildman–Crippen LogP) is 1.97. The number of rotatable bonds is 2. The van der Waals surface area contributed by atoms with Crippen molar-refractivity contribution in [2.45, 2.75) is 12.8 Å². The fourth-order valence-electron chi connectivity index (χ4n) is 1.94. The molecular formula is C12H14N4O. The van der Waals surface area contributed by atoms with Gasteiger partial charge in [-0.3, -0.25) is 4.68 Å². The third-order valence-corrected chi connectivity index (χ3v) is 2.76. The first-order chi connectivity index (χ1) is 8.31. The number of ether oxygens (including phenoxy) is 1. The van der Waals surface area contributed by atoms with Crippen LogP contribution in [0.25, 0.3) is 0 Å². The fraction of sp³-hybridized carbons (Fsp3) is 0.333. The molecule has 0 fully saturated rings. The molecule has 5 nitrogen and oxygen atoms in total. The van der Waals surface area contributed by atoms with Gasteiger partial charge in [-0.05, 0) is 18.9 Å². The molecule has 0 saturated heterocycles. The van der Waals surface area contributed by atoms with Crippen LogP contribution in [0, 0.1) is 0 Å². The lowest BCUT2D eigenvalue weighted by molar-refractivity contribution is 0.459. The molecule has 3 heterocycles. The fourth-order valence-corrected chi connectivity index (χ4v) is 1.94. The summed E-state index contributed by atoms with van der Waals surface area (Å²) in [6, 6.07) is 3.90. The van der Waals surface area contributed by atoms with Gasteiger partial charge in [0.1, 0.15) is 0 Å². The van der Waals surface area contributed by atoms with Gasteiger partial charge in [-0.2, -0.15) is 5.10 Å². The Morgan fingerprint density at radius 2 is 2.35 bits per heavy atom. The standard InChI is InChI=1S/C12H14N4O/c1-16-8-9(7-14-16)17-12-5-4-10-11(15-12)3-2-6-13-10/h4-5,7-8,13H,2-3,6H2,1H3. The Morgan fingerprint density at radius 3 is 3.18 bits per heavy atom. The topological polar surface area (TPSA) is 52.0 Å². The second kappa shape index (κ2) is 4.08. The Morgan fingerprint density at radius 1 is 1.41 bits per heavy atom. The summed E-state index contributed by atoms with van der Waals surface area (Å²) in [4.78, 5) is 4.50. The molecule has 2 aromatic rings. The molecule has 0 bridgehead atoms. The van der Waals surface area contributed by atoms with Crippen LogP contribution in [0.15, 0.2) is 24.5 Å². The van der Waals surface area contributed by atoms with E-state index in [1.807, 2.05) is 25.4 Å². The number of aryl methyl sites for hydroxylation is 2. The summed E-state index contributed by atoms with van der Waals surface area (Å²) in [6.45, 7) is 1.03. The van der Waals surface area contributed by atoms with Crippen LogP contribution in [0.5, 0.6) is 11.6 Å². The Labute approximate surface area is 99.4 Å². The summed E-state index contributed by atoms with van der Waals surface area (Å²) in [5, 5.41) is 7.38. The number of anilines is 1. The second-order valence-corrected chi connectivity index (χ2v) is 4.13. The first-order valence-electron chi connectivity index (χ1n) is 5.71. The van der Waals surface area contributed by atoms with Crippen molar-refractivity contribution in [3.63, 3.8) is 0 Å². The van der Waals surface area contributed by atoms with E-state index in [0.717, 1.165) is 30.8 Å². The lowest BCUT2D eigenvalue weighted by atomic mass is 10.1. The van der Waals surface area contributed by atoms with Crippen LogP contribution in [0.1, 0.15) is 12.1 Å². The average molecular weight is 230 g/mol. The Kier molecular flexibility index (Phi) is 2.44. The van der Waals surface area contributed by atoms with Gasteiger partial charge >= 0.3 is 0 Å². The molecule has 0 aromatic carbocycles. The molecule has 5 heteroatoms. The molecule has 0 amide bonds. The van der Waals surface area contributed by atoms with Crippen molar-refractivity contribution in [1.29, 1.82) is 0 Å². The molecule has 2 aromatic heterocycles. The molecule has 17 heavy (non-hydrogen) atoms. The summed E-state index contributed by atoms with van der Waals surface area (Å²) in [6.07, 6.45) is 5.63. The van der Waals surface area contributed by atoms with Crippen molar-refractivity contribution in [3.8, 4) is 11.6 Å². The smallest absolute Gasteiger partial charge is 0.219 e. The van der Waals surface area contributed by atoms with Crippen LogP contribution in [-0.4, -0.2) is 21.3 Å². The van der Waals surface area contributed by atoms with Crippen LogP contribution in [0.2, 0.25) is 0 Å². The SMILES string of the molecule is Cn1cc(Oc2ccc3c(n2)CCCN3)cn1. The van der Waals surface area contributed by atoms with Gasteiger partial charge in [0.15, 0.2) is 5.75 Å². The van der Waals surface area contributed by atoms with Crippen molar-refractivity contribution in [2.75, 3.05) is 11.9 Å². The van der Waals surface area contributed by atoms with E-state index in [1.54, 1.807) is 10.9 Å². The van der Waals surface area contributed by atoms with Crippen LogP contribution in [0.3, 0.4) is 0 Å². The molecule has 88 valence electrons. The van der Waals surface area contributed by atoms with Crippen LogP contribution >= 0.6 is 0 Å². The van der Waals surface area contributed by atoms with E-state index in [2.05, 4.69) is 15.4 Å². The van der Waals surface area contributed by atoms with Crippen molar-refractivity contribution < 1.29 is 4.74 Å². The van der Waals surface area contributed by atoms with Crippen LogP contribution in [-0.2, 0) is 13.5 Å². The maximum atomic E-state index is 5.64. The highest BCUT2D eigenvalue weighted by Gasteiger charge is 2.11. The normalized spacial score (nSPS) is 13.9. The maximum absolute atomic E-state index is 5.64. The summed E-state index contributed by atoms with van der Waals surface area (Å²) in [5.41, 5.74) is 2.20. The highest BCUT2D eigenvalue weighted by molar-refractivity contribution is 5.51. The third kappa shape index (κ3) is 2.08. The highest BCUT2D eigenvalue weighted by Crippen LogP contribution is 2.25. The largest absolute Gasteiger partial charge is 0.436 e. The summed E-state index contributed by atoms with van der Waals surface area (Å²) >= 11 is 0. The number of aromatic nitrogens is 3. The molecule has 1 N–H and O–H groups in total. The molecule has 3 rings (SSSR count). The highest BCUT2D eigenvalue weighted by atomic mass is 16.5. The first-order valence-corrected chi connectivity index (χ1v) is 5.71. The van der Waals surface area contributed by atoms with Crippen molar-refractivity contribution in [2.24, 2.45) is 7.05 Å². The number of nitrogens with zero attached hydrogens (tertiary/aromatic N) is 3. The van der Waals surface area contributed by atoms with E-state index in [1.165, 1.54) is 0 Å². The molecule has 0 atom stereocenters. The summed E-state index contributed by atoms with van der Waals surface area (Å²) < 4.78 is 7.35. The van der Waals surface area contributed by atoms with E-state index in [-0.39, 0.29) is 0 Å². The molecule has 0 radical (unpaired) electrons. The lowest BCUT2D eigenvalue weighted by Gasteiger charge is -2.17. The summed E-state index contributed by atoms with van der Waals surface area (Å²) in [7, 11) is 1.86. The number of fused-ring (bicyclic) bond motifs is 1. The molecular weight excluding hydrogens is 216 g/mol. The number of hydrogen-bond acceptors (Lipinski definition) is 4. The molecule has 0 aliphatic carbocycles. The zero-order valence-corrected chi connectivity index (χ0v) is 9.68. The van der Waals surface area contributed by atoms with E-state index in [0.29, 0.717) is 11.6 Å². The minimum atomic E-state index is 0.625. The van der Waals surface area contributed by atoms with Gasteiger partial charge in [-0.1, -0.05) is 0 Å². The molecule has 0 saturated carbocycles. The van der Waals surface area contributed by atoms with Gasteiger partial charge in [0, 0.05) is 19.7 Å². The molecule has 1 aliphatic heterocycles. The van der Waals surface area contributed by atoms with E-state index < -0.39 is 0 Å². The summed E-state index contributed by atoms with van der Waals surface area (Å²) in [5.74, 6) is 1.34. The molecule has 1 aliphatic rings. The zero-order chi connectivity index (χ0) is 11.7. The third-order valence-electron chi connectivity index (χ3n) is 2.76. The Balaban J connectivity index is 1.84. The van der Waals surface area contributed by atoms with Gasteiger partial charge < -0.3 is 10.1 Å². The van der Waals surface area contributed by atoms with Gasteiger partial charge in [0.2, 0.25) is 5.88 Å². The van der Waals surface area contributed by atoms with E-state index in [4.69, 9.17) is 4.74 Å². The van der Waals surface area contributed by atoms with Crippen LogP contribution in [0.4, 0.5) is 5.69 Å².